The molecule has 0 aliphatic heterocycles. The molecule has 0 bridgehead atoms. The van der Waals surface area contributed by atoms with Crippen LogP contribution in [0.15, 0.2) is 36.4 Å². The summed E-state index contributed by atoms with van der Waals surface area (Å²) < 4.78 is 28.0. The molecule has 1 aromatic carbocycles. The summed E-state index contributed by atoms with van der Waals surface area (Å²) in [4.78, 5) is 0. The van der Waals surface area contributed by atoms with Crippen molar-refractivity contribution in [1.29, 1.82) is 0 Å². The molecule has 20 heavy (non-hydrogen) atoms. The highest BCUT2D eigenvalue weighted by Crippen LogP contribution is 2.15. The van der Waals surface area contributed by atoms with E-state index in [1.807, 2.05) is 37.7 Å². The highest BCUT2D eigenvalue weighted by atomic mass is 32.2. The van der Waals surface area contributed by atoms with Gasteiger partial charge in [0.25, 0.3) is 0 Å². The first-order valence-corrected chi connectivity index (χ1v) is 7.87. The van der Waals surface area contributed by atoms with Crippen molar-refractivity contribution in [3.05, 3.63) is 36.4 Å². The second-order valence-corrected chi connectivity index (χ2v) is 6.72. The van der Waals surface area contributed by atoms with Crippen LogP contribution in [0.4, 0.5) is 11.4 Å². The lowest BCUT2D eigenvalue weighted by molar-refractivity contribution is -0.464. The highest BCUT2D eigenvalue weighted by Gasteiger charge is 2.11. The van der Waals surface area contributed by atoms with Gasteiger partial charge in [-0.15, -0.1) is 0 Å². The molecule has 0 spiro atoms. The Bertz CT molecular complexity index is 612. The average molecular weight is 296 g/mol. The Morgan fingerprint density at radius 1 is 1.15 bits per heavy atom. The van der Waals surface area contributed by atoms with E-state index >= 15 is 0 Å². The molecule has 0 fully saturated rings. The number of amidine groups is 1. The predicted molar refractivity (Wildman–Crippen MR) is 85.1 cm³/mol. The molecule has 110 valence electrons. The molecule has 0 aliphatic rings. The van der Waals surface area contributed by atoms with Gasteiger partial charge in [-0.25, -0.2) is 13.7 Å². The molecule has 0 saturated heterocycles. The quantitative estimate of drug-likeness (QED) is 0.379. The van der Waals surface area contributed by atoms with Crippen LogP contribution in [0.25, 0.3) is 0 Å². The van der Waals surface area contributed by atoms with E-state index in [0.29, 0.717) is 11.3 Å². The van der Waals surface area contributed by atoms with Gasteiger partial charge in [-0.05, 0) is 31.2 Å². The molecule has 0 amide bonds. The first-order chi connectivity index (χ1) is 9.19. The number of nitrogens with one attached hydrogen (secondary N) is 2. The molecule has 0 aromatic heterocycles. The fourth-order valence-corrected chi connectivity index (χ4v) is 2.70. The van der Waals surface area contributed by atoms with Crippen molar-refractivity contribution in [3.63, 3.8) is 0 Å². The third kappa shape index (κ3) is 5.44. The minimum atomic E-state index is -3.37. The molecule has 5 nitrogen and oxygen atoms in total. The Balaban J connectivity index is 2.78. The topological polar surface area (TPSA) is 61.2 Å². The molecule has 0 unspecified atom stereocenters. The first-order valence-electron chi connectivity index (χ1n) is 6.22. The minimum absolute atomic E-state index is 0.0689. The highest BCUT2D eigenvalue weighted by molar-refractivity contribution is 7.92. The molecule has 1 aromatic rings. The zero-order chi connectivity index (χ0) is 15.3. The first kappa shape index (κ1) is 16.2. The summed E-state index contributed by atoms with van der Waals surface area (Å²) >= 11 is 0. The van der Waals surface area contributed by atoms with Crippen LogP contribution in [-0.2, 0) is 10.0 Å². The normalized spacial score (nSPS) is 10.8. The summed E-state index contributed by atoms with van der Waals surface area (Å²) in [7, 11) is 0.527. The molecule has 6 heteroatoms. The van der Waals surface area contributed by atoms with E-state index in [9.17, 15) is 8.42 Å². The van der Waals surface area contributed by atoms with Gasteiger partial charge < -0.3 is 0 Å². The number of nitrogens with zero attached hydrogens (tertiary/aromatic N) is 1. The molecule has 2 N–H and O–H groups in total. The lowest BCUT2D eigenvalue weighted by atomic mass is 10.3. The van der Waals surface area contributed by atoms with E-state index in [0.717, 1.165) is 11.5 Å². The maximum atomic E-state index is 11.8. The van der Waals surface area contributed by atoms with Crippen molar-refractivity contribution in [2.24, 2.45) is 0 Å². The van der Waals surface area contributed by atoms with Gasteiger partial charge in [-0.2, -0.15) is 0 Å². The summed E-state index contributed by atoms with van der Waals surface area (Å²) in [5.41, 5.74) is 2.05. The average Bonchev–Trinajstić information content (AvgIpc) is 2.29. The van der Waals surface area contributed by atoms with Crippen LogP contribution in [0.3, 0.4) is 0 Å². The molecule has 0 radical (unpaired) electrons. The monoisotopic (exact) mass is 296 g/mol. The van der Waals surface area contributed by atoms with Gasteiger partial charge in [-0.3, -0.25) is 9.30 Å². The van der Waals surface area contributed by atoms with Gasteiger partial charge in [0.1, 0.15) is 5.69 Å². The number of sulfonamides is 1. The van der Waals surface area contributed by atoms with Crippen molar-refractivity contribution in [2.75, 3.05) is 29.9 Å². The summed E-state index contributed by atoms with van der Waals surface area (Å²) in [5, 5.41) is 3.21. The van der Waals surface area contributed by atoms with Crippen LogP contribution < -0.4 is 10.0 Å². The minimum Gasteiger partial charge on any atom is -0.283 e. The van der Waals surface area contributed by atoms with Crippen molar-refractivity contribution < 1.29 is 13.0 Å². The second-order valence-electron chi connectivity index (χ2n) is 5.00. The third-order valence-corrected chi connectivity index (χ3v) is 4.01. The van der Waals surface area contributed by atoms with Gasteiger partial charge in [0.15, 0.2) is 0 Å². The Morgan fingerprint density at radius 3 is 2.10 bits per heavy atom. The Kier molecular flexibility index (Phi) is 5.33. The SMILES string of the molecule is C=C(C)CS(=O)(=O)Nc1ccc(NC(C)=[N+](C)C)cc1. The van der Waals surface area contributed by atoms with Gasteiger partial charge in [-0.1, -0.05) is 12.2 Å². The van der Waals surface area contributed by atoms with Crippen LogP contribution in [0, 0.1) is 0 Å². The third-order valence-electron chi connectivity index (χ3n) is 2.59. The second kappa shape index (κ2) is 6.56. The maximum absolute atomic E-state index is 11.8. The summed E-state index contributed by atoms with van der Waals surface area (Å²) in [6, 6.07) is 7.10. The van der Waals surface area contributed by atoms with Gasteiger partial charge in [0.05, 0.1) is 19.8 Å². The fraction of sp³-hybridized carbons (Fsp3) is 0.357. The number of hydrogen-bond acceptors (Lipinski definition) is 2. The van der Waals surface area contributed by atoms with Crippen molar-refractivity contribution in [2.45, 2.75) is 13.8 Å². The van der Waals surface area contributed by atoms with E-state index in [-0.39, 0.29) is 5.75 Å². The van der Waals surface area contributed by atoms with Crippen LogP contribution in [0.5, 0.6) is 0 Å². The number of anilines is 2. The molecule has 1 rings (SSSR count). The van der Waals surface area contributed by atoms with Crippen LogP contribution in [-0.4, -0.2) is 38.7 Å². The van der Waals surface area contributed by atoms with E-state index in [2.05, 4.69) is 16.6 Å². The van der Waals surface area contributed by atoms with Crippen molar-refractivity contribution in [1.82, 2.24) is 0 Å². The molecule has 0 aliphatic carbocycles. The molecular weight excluding hydrogens is 274 g/mol. The van der Waals surface area contributed by atoms with Crippen LogP contribution in [0.2, 0.25) is 0 Å². The van der Waals surface area contributed by atoms with E-state index < -0.39 is 10.0 Å². The molecule has 0 saturated carbocycles. The van der Waals surface area contributed by atoms with Crippen LogP contribution in [0.1, 0.15) is 13.8 Å². The standard InChI is InChI=1S/C14H21N3O2S/c1-11(2)10-20(18,19)16-14-8-6-13(7-9-14)15-12(3)17(4)5/h6-9,16H,1,10H2,2-5H3/p+1. The maximum Gasteiger partial charge on any atom is 0.246 e. The van der Waals surface area contributed by atoms with Gasteiger partial charge >= 0.3 is 0 Å². The number of benzene rings is 1. The lowest BCUT2D eigenvalue weighted by Crippen LogP contribution is -2.19. The fourth-order valence-electron chi connectivity index (χ4n) is 1.48. The number of hydrogen-bond donors (Lipinski definition) is 2. The summed E-state index contributed by atoms with van der Waals surface area (Å²) in [5.74, 6) is 0.932. The van der Waals surface area contributed by atoms with E-state index in [4.69, 9.17) is 0 Å². The smallest absolute Gasteiger partial charge is 0.246 e. The number of rotatable bonds is 5. The largest absolute Gasteiger partial charge is 0.283 e. The van der Waals surface area contributed by atoms with E-state index in [1.54, 1.807) is 19.1 Å². The van der Waals surface area contributed by atoms with Gasteiger partial charge in [0, 0.05) is 12.6 Å². The zero-order valence-electron chi connectivity index (χ0n) is 12.4. The van der Waals surface area contributed by atoms with Crippen molar-refractivity contribution >= 4 is 27.2 Å². The Labute approximate surface area is 121 Å². The Hall–Kier alpha value is -1.82. The predicted octanol–water partition coefficient (Wildman–Crippen LogP) is 2.11. The van der Waals surface area contributed by atoms with Gasteiger partial charge in [0.2, 0.25) is 15.9 Å². The summed E-state index contributed by atoms with van der Waals surface area (Å²) in [6.45, 7) is 7.26. The molecular formula is C14H22N3O2S+. The van der Waals surface area contributed by atoms with Crippen LogP contribution >= 0.6 is 0 Å². The van der Waals surface area contributed by atoms with E-state index in [1.165, 1.54) is 0 Å². The zero-order valence-corrected chi connectivity index (χ0v) is 13.2. The van der Waals surface area contributed by atoms with Crippen molar-refractivity contribution in [3.8, 4) is 0 Å². The Morgan fingerprint density at radius 2 is 1.65 bits per heavy atom. The molecule has 0 heterocycles. The summed E-state index contributed by atoms with van der Waals surface area (Å²) in [6.07, 6.45) is 0. The molecule has 0 atom stereocenters. The lowest BCUT2D eigenvalue weighted by Gasteiger charge is -2.08.